The van der Waals surface area contributed by atoms with E-state index >= 15 is 0 Å². The maximum atomic E-state index is 12.5. The van der Waals surface area contributed by atoms with E-state index in [4.69, 9.17) is 0 Å². The lowest BCUT2D eigenvalue weighted by Crippen LogP contribution is -1.58. The zero-order valence-corrected chi connectivity index (χ0v) is 6.21. The number of fused-ring (bicyclic) bond motifs is 1. The van der Waals surface area contributed by atoms with Gasteiger partial charge < -0.3 is 0 Å². The van der Waals surface area contributed by atoms with Crippen LogP contribution >= 0.6 is 22.7 Å². The summed E-state index contributed by atoms with van der Waals surface area (Å²) in [6, 6.07) is 0. The molecule has 50 valence electrons. The average molecular weight is 174 g/mol. The van der Waals surface area contributed by atoms with Crippen molar-refractivity contribution in [2.45, 2.75) is 0 Å². The first-order chi connectivity index (χ1) is 4.79. The van der Waals surface area contributed by atoms with Crippen LogP contribution in [0.1, 0.15) is 0 Å². The molecule has 0 saturated carbocycles. The Hall–Kier alpha value is -0.480. The number of thiophene rings is 2. The van der Waals surface area contributed by atoms with Gasteiger partial charge in [-0.15, -0.1) is 22.7 Å². The molecule has 0 fully saturated rings. The van der Waals surface area contributed by atoms with Crippen molar-refractivity contribution in [1.82, 2.24) is 0 Å². The Morgan fingerprint density at radius 1 is 0.900 bits per heavy atom. The van der Waals surface area contributed by atoms with Crippen molar-refractivity contribution in [3.63, 3.8) is 0 Å². The van der Waals surface area contributed by atoms with Gasteiger partial charge in [0, 0.05) is 0 Å². The van der Waals surface area contributed by atoms with E-state index in [1.54, 1.807) is 0 Å². The lowest BCUT2D eigenvalue weighted by Gasteiger charge is -1.72. The Bertz CT molecular complexity index is 325. The average Bonchev–Trinajstić information content (AvgIpc) is 2.41. The third-order valence-corrected chi connectivity index (χ3v) is 2.96. The van der Waals surface area contributed by atoms with E-state index in [0.29, 0.717) is 9.40 Å². The van der Waals surface area contributed by atoms with Crippen molar-refractivity contribution in [2.24, 2.45) is 0 Å². The second kappa shape index (κ2) is 2.00. The molecule has 0 aliphatic carbocycles. The van der Waals surface area contributed by atoms with Crippen LogP contribution in [0.5, 0.6) is 0 Å². The fraction of sp³-hybridized carbons (Fsp3) is 0. The molecule has 10 heavy (non-hydrogen) atoms. The fourth-order valence-corrected chi connectivity index (χ4v) is 2.28. The molecular formula is C6F2S2. The molecule has 0 N–H and O–H groups in total. The Balaban J connectivity index is 2.95. The van der Waals surface area contributed by atoms with Gasteiger partial charge in [0.2, 0.25) is 0 Å². The molecule has 0 saturated heterocycles. The fourth-order valence-electron chi connectivity index (χ4n) is 0.666. The Kier molecular flexibility index (Phi) is 1.25. The van der Waals surface area contributed by atoms with Gasteiger partial charge in [-0.1, -0.05) is 0 Å². The molecule has 2 aromatic heterocycles. The van der Waals surface area contributed by atoms with Crippen molar-refractivity contribution in [1.29, 1.82) is 0 Å². The largest absolute Gasteiger partial charge is 0.204 e. The van der Waals surface area contributed by atoms with Crippen LogP contribution in [0.3, 0.4) is 0 Å². The first-order valence-corrected chi connectivity index (χ1v) is 4.08. The van der Waals surface area contributed by atoms with Crippen LogP contribution < -0.4 is 0 Å². The van der Waals surface area contributed by atoms with Gasteiger partial charge in [-0.05, 0) is 0 Å². The van der Waals surface area contributed by atoms with Gasteiger partial charge in [0.15, 0.2) is 11.6 Å². The summed E-state index contributed by atoms with van der Waals surface area (Å²) in [5.74, 6) is -0.935. The highest BCUT2D eigenvalue weighted by Crippen LogP contribution is 2.31. The van der Waals surface area contributed by atoms with Crippen molar-refractivity contribution < 1.29 is 8.78 Å². The lowest BCUT2D eigenvalue weighted by atomic mass is 10.5. The highest BCUT2D eigenvalue weighted by atomic mass is 32.1. The standard InChI is InChI=1S/C6F2S2/c7-3-1-9-6-4(8)2-10-5(3)6. The molecule has 0 spiro atoms. The molecule has 2 heterocycles. The molecule has 0 amide bonds. The first kappa shape index (κ1) is 6.24. The van der Waals surface area contributed by atoms with E-state index in [2.05, 4.69) is 10.8 Å². The molecule has 0 aromatic carbocycles. The molecular weight excluding hydrogens is 174 g/mol. The van der Waals surface area contributed by atoms with E-state index in [1.165, 1.54) is 0 Å². The summed E-state index contributed by atoms with van der Waals surface area (Å²) < 4.78 is 25.7. The quantitative estimate of drug-likeness (QED) is 0.576. The van der Waals surface area contributed by atoms with Crippen molar-refractivity contribution in [3.05, 3.63) is 22.4 Å². The maximum absolute atomic E-state index is 12.5. The summed E-state index contributed by atoms with van der Waals surface area (Å²) in [6.07, 6.45) is 0. The minimum Gasteiger partial charge on any atom is -0.204 e. The molecule has 0 unspecified atom stereocenters. The van der Waals surface area contributed by atoms with Crippen molar-refractivity contribution in [3.8, 4) is 0 Å². The Morgan fingerprint density at radius 2 is 1.30 bits per heavy atom. The molecule has 4 heteroatoms. The van der Waals surface area contributed by atoms with Crippen molar-refractivity contribution >= 4 is 32.1 Å². The minimum absolute atomic E-state index is 0.322. The summed E-state index contributed by atoms with van der Waals surface area (Å²) in [5.41, 5.74) is 0. The van der Waals surface area contributed by atoms with Gasteiger partial charge in [-0.25, -0.2) is 8.78 Å². The van der Waals surface area contributed by atoms with Gasteiger partial charge in [0.1, 0.15) is 0 Å². The van der Waals surface area contributed by atoms with Crippen LogP contribution in [0.4, 0.5) is 8.78 Å². The second-order valence-corrected chi connectivity index (χ2v) is 3.33. The number of hydrogen-bond donors (Lipinski definition) is 0. The van der Waals surface area contributed by atoms with Crippen LogP contribution in [-0.2, 0) is 0 Å². The number of rotatable bonds is 0. The van der Waals surface area contributed by atoms with E-state index < -0.39 is 11.6 Å². The summed E-state index contributed by atoms with van der Waals surface area (Å²) in [5, 5.41) is 4.65. The monoisotopic (exact) mass is 174 g/mol. The highest BCUT2D eigenvalue weighted by molar-refractivity contribution is 7.25. The zero-order chi connectivity index (χ0) is 7.14. The third kappa shape index (κ3) is 0.690. The van der Waals surface area contributed by atoms with Gasteiger partial charge in [0.05, 0.1) is 20.2 Å². The van der Waals surface area contributed by atoms with Crippen LogP contribution in [-0.4, -0.2) is 0 Å². The van der Waals surface area contributed by atoms with Gasteiger partial charge in [0.25, 0.3) is 0 Å². The highest BCUT2D eigenvalue weighted by Gasteiger charge is 2.10. The van der Waals surface area contributed by atoms with E-state index in [0.717, 1.165) is 22.7 Å². The molecule has 2 radical (unpaired) electrons. The van der Waals surface area contributed by atoms with Crippen LogP contribution in [0.25, 0.3) is 9.40 Å². The Morgan fingerprint density at radius 3 is 1.70 bits per heavy atom. The predicted octanol–water partition coefficient (Wildman–Crippen LogP) is 2.84. The van der Waals surface area contributed by atoms with E-state index in [9.17, 15) is 8.78 Å². The van der Waals surface area contributed by atoms with Gasteiger partial charge in [-0.3, -0.25) is 0 Å². The third-order valence-electron chi connectivity index (χ3n) is 1.09. The lowest BCUT2D eigenvalue weighted by molar-refractivity contribution is 0.639. The summed E-state index contributed by atoms with van der Waals surface area (Å²) in [6.45, 7) is 0. The van der Waals surface area contributed by atoms with Crippen molar-refractivity contribution in [2.75, 3.05) is 0 Å². The minimum atomic E-state index is -0.467. The smallest absolute Gasteiger partial charge is 0.160 e. The number of halogens is 2. The molecule has 2 aromatic rings. The first-order valence-electron chi connectivity index (χ1n) is 2.44. The van der Waals surface area contributed by atoms with Gasteiger partial charge in [-0.2, -0.15) is 0 Å². The Labute approximate surface area is 63.7 Å². The second-order valence-electron chi connectivity index (χ2n) is 1.69. The van der Waals surface area contributed by atoms with E-state index in [-0.39, 0.29) is 0 Å². The molecule has 0 nitrogen and oxygen atoms in total. The zero-order valence-electron chi connectivity index (χ0n) is 4.57. The summed E-state index contributed by atoms with van der Waals surface area (Å²) >= 11 is 1.90. The van der Waals surface area contributed by atoms with E-state index in [1.807, 2.05) is 0 Å². The number of hydrogen-bond acceptors (Lipinski definition) is 2. The molecule has 0 aliphatic heterocycles. The summed E-state index contributed by atoms with van der Waals surface area (Å²) in [7, 11) is 0. The van der Waals surface area contributed by atoms with Crippen LogP contribution in [0, 0.1) is 22.4 Å². The molecule has 0 atom stereocenters. The maximum Gasteiger partial charge on any atom is 0.160 e. The summed E-state index contributed by atoms with van der Waals surface area (Å²) in [4.78, 5) is 0. The molecule has 0 bridgehead atoms. The van der Waals surface area contributed by atoms with Crippen LogP contribution in [0.2, 0.25) is 0 Å². The molecule has 2 rings (SSSR count). The SMILES string of the molecule is Fc1[c]sc2c(F)[c]sc12. The normalized spacial score (nSPS) is 11.0. The molecule has 0 aliphatic rings. The van der Waals surface area contributed by atoms with Gasteiger partial charge >= 0.3 is 0 Å². The predicted molar refractivity (Wildman–Crippen MR) is 37.3 cm³/mol. The topological polar surface area (TPSA) is 0 Å². The van der Waals surface area contributed by atoms with Crippen LogP contribution in [0.15, 0.2) is 0 Å².